The van der Waals surface area contributed by atoms with E-state index in [-0.39, 0.29) is 10.6 Å². The lowest BCUT2D eigenvalue weighted by Gasteiger charge is -2.25. The summed E-state index contributed by atoms with van der Waals surface area (Å²) in [4.78, 5) is 38.8. The molecular weight excluding hydrogens is 383 g/mol. The van der Waals surface area contributed by atoms with E-state index in [1.807, 2.05) is 17.5 Å². The highest BCUT2D eigenvalue weighted by molar-refractivity contribution is 7.10. The van der Waals surface area contributed by atoms with Crippen LogP contribution >= 0.6 is 11.3 Å². The molecular formula is C17H16F3N3O3S. The minimum Gasteiger partial charge on any atom is -0.365 e. The molecule has 1 saturated heterocycles. The summed E-state index contributed by atoms with van der Waals surface area (Å²) >= 11 is 1.46. The van der Waals surface area contributed by atoms with Crippen LogP contribution in [0.25, 0.3) is 0 Å². The van der Waals surface area contributed by atoms with Crippen LogP contribution in [0.1, 0.15) is 39.8 Å². The van der Waals surface area contributed by atoms with Crippen LogP contribution in [0.3, 0.4) is 0 Å². The molecule has 1 aliphatic heterocycles. The maximum absolute atomic E-state index is 13.3. The normalized spacial score (nSPS) is 17.3. The van der Waals surface area contributed by atoms with Crippen LogP contribution in [0.2, 0.25) is 0 Å². The van der Waals surface area contributed by atoms with Gasteiger partial charge in [-0.15, -0.1) is 11.3 Å². The fraction of sp³-hybridized carbons (Fsp3) is 0.353. The number of nitrogens with zero attached hydrogens (tertiary/aromatic N) is 2. The average molecular weight is 399 g/mol. The first-order chi connectivity index (χ1) is 12.7. The predicted octanol–water partition coefficient (Wildman–Crippen LogP) is 2.39. The first-order valence-electron chi connectivity index (χ1n) is 8.14. The molecule has 0 saturated carbocycles. The Bertz CT molecular complexity index is 922. The van der Waals surface area contributed by atoms with Crippen molar-refractivity contribution in [3.63, 3.8) is 0 Å². The number of nitrogens with two attached hydrogens (primary N) is 1. The lowest BCUT2D eigenvalue weighted by atomic mass is 10.2. The van der Waals surface area contributed by atoms with E-state index in [1.165, 1.54) is 16.2 Å². The summed E-state index contributed by atoms with van der Waals surface area (Å²) in [6.07, 6.45) is -3.43. The van der Waals surface area contributed by atoms with Crippen molar-refractivity contribution < 1.29 is 22.8 Å². The number of alkyl halides is 3. The van der Waals surface area contributed by atoms with Crippen LogP contribution < -0.4 is 11.3 Å². The second-order valence-electron chi connectivity index (χ2n) is 6.15. The number of amides is 2. The number of rotatable bonds is 4. The zero-order valence-electron chi connectivity index (χ0n) is 14.0. The van der Waals surface area contributed by atoms with Gasteiger partial charge >= 0.3 is 6.18 Å². The molecule has 3 heterocycles. The van der Waals surface area contributed by atoms with Crippen molar-refractivity contribution in [1.29, 1.82) is 0 Å². The lowest BCUT2D eigenvalue weighted by Crippen LogP contribution is -2.40. The number of carbonyl (C=O) groups is 2. The molecule has 1 aliphatic rings. The van der Waals surface area contributed by atoms with Gasteiger partial charge in [0.1, 0.15) is 17.8 Å². The van der Waals surface area contributed by atoms with E-state index in [0.717, 1.165) is 17.4 Å². The Morgan fingerprint density at radius 1 is 1.26 bits per heavy atom. The first kappa shape index (κ1) is 19.2. The molecule has 27 heavy (non-hydrogen) atoms. The van der Waals surface area contributed by atoms with Crippen molar-refractivity contribution in [1.82, 2.24) is 9.47 Å². The number of likely N-dealkylation sites (tertiary alicyclic amines) is 1. The van der Waals surface area contributed by atoms with Crippen molar-refractivity contribution in [3.8, 4) is 0 Å². The summed E-state index contributed by atoms with van der Waals surface area (Å²) in [6.45, 7) is -0.413. The number of hydrogen-bond acceptors (Lipinski definition) is 4. The SMILES string of the molecule is NC(=O)c1ccc(C(F)(F)F)n(CC(=O)N2CCC[C@@H]2c2cccs2)c1=O. The van der Waals surface area contributed by atoms with Gasteiger partial charge in [-0.05, 0) is 36.4 Å². The van der Waals surface area contributed by atoms with Crippen LogP contribution in [0, 0.1) is 0 Å². The Balaban J connectivity index is 1.96. The van der Waals surface area contributed by atoms with Crippen molar-refractivity contribution in [2.75, 3.05) is 6.54 Å². The molecule has 3 rings (SSSR count). The van der Waals surface area contributed by atoms with Gasteiger partial charge in [-0.25, -0.2) is 0 Å². The molecule has 2 amide bonds. The molecule has 1 fully saturated rings. The van der Waals surface area contributed by atoms with E-state index in [0.29, 0.717) is 19.0 Å². The molecule has 0 aromatic carbocycles. The van der Waals surface area contributed by atoms with Crippen molar-refractivity contribution in [2.24, 2.45) is 5.73 Å². The maximum Gasteiger partial charge on any atom is 0.431 e. The predicted molar refractivity (Wildman–Crippen MR) is 92.2 cm³/mol. The molecule has 0 aliphatic carbocycles. The number of thiophene rings is 1. The van der Waals surface area contributed by atoms with Crippen LogP contribution in [-0.2, 0) is 17.5 Å². The summed E-state index contributed by atoms with van der Waals surface area (Å²) in [5, 5.41) is 1.86. The van der Waals surface area contributed by atoms with Gasteiger partial charge in [-0.3, -0.25) is 19.0 Å². The van der Waals surface area contributed by atoms with Gasteiger partial charge in [0.25, 0.3) is 11.5 Å². The molecule has 2 aromatic rings. The summed E-state index contributed by atoms with van der Waals surface area (Å²) in [7, 11) is 0. The Hall–Kier alpha value is -2.62. The van der Waals surface area contributed by atoms with Gasteiger partial charge in [-0.2, -0.15) is 13.2 Å². The largest absolute Gasteiger partial charge is 0.431 e. The molecule has 0 unspecified atom stereocenters. The smallest absolute Gasteiger partial charge is 0.365 e. The molecule has 10 heteroatoms. The number of halogens is 3. The Labute approximate surface area is 156 Å². The lowest BCUT2D eigenvalue weighted by molar-refractivity contribution is -0.145. The first-order valence-corrected chi connectivity index (χ1v) is 9.02. The summed E-state index contributed by atoms with van der Waals surface area (Å²) < 4.78 is 40.2. The van der Waals surface area contributed by atoms with Gasteiger partial charge in [0.05, 0.1) is 6.04 Å². The minimum absolute atomic E-state index is 0.220. The standard InChI is InChI=1S/C17H16F3N3O3S/c18-17(19,20)13-6-5-10(15(21)25)16(26)23(13)9-14(24)22-7-1-3-11(22)12-4-2-8-27-12/h2,4-6,8,11H,1,3,7,9H2,(H2,21,25)/t11-/m1/s1. The fourth-order valence-electron chi connectivity index (χ4n) is 3.24. The molecule has 144 valence electrons. The third-order valence-electron chi connectivity index (χ3n) is 4.47. The van der Waals surface area contributed by atoms with E-state index >= 15 is 0 Å². The molecule has 0 radical (unpaired) electrons. The summed E-state index contributed by atoms with van der Waals surface area (Å²) in [5.41, 5.74) is 1.95. The molecule has 2 N–H and O–H groups in total. The molecule has 0 bridgehead atoms. The molecule has 1 atom stereocenters. The third-order valence-corrected chi connectivity index (χ3v) is 5.44. The average Bonchev–Trinajstić information content (AvgIpc) is 3.25. The summed E-state index contributed by atoms with van der Waals surface area (Å²) in [5.74, 6) is -1.76. The number of carbonyl (C=O) groups excluding carboxylic acids is 2. The fourth-order valence-corrected chi connectivity index (χ4v) is 4.11. The topological polar surface area (TPSA) is 85.4 Å². The second kappa shape index (κ2) is 7.18. The maximum atomic E-state index is 13.3. The van der Waals surface area contributed by atoms with E-state index in [9.17, 15) is 27.6 Å². The van der Waals surface area contributed by atoms with Crippen molar-refractivity contribution in [2.45, 2.75) is 31.6 Å². The highest BCUT2D eigenvalue weighted by Crippen LogP contribution is 2.35. The van der Waals surface area contributed by atoms with Gasteiger partial charge in [0.15, 0.2) is 0 Å². The van der Waals surface area contributed by atoms with Gasteiger partial charge in [0.2, 0.25) is 5.91 Å². The van der Waals surface area contributed by atoms with E-state index in [1.54, 1.807) is 0 Å². The third kappa shape index (κ3) is 3.75. The molecule has 2 aromatic heterocycles. The number of aromatic nitrogens is 1. The number of hydrogen-bond donors (Lipinski definition) is 1. The van der Waals surface area contributed by atoms with Crippen LogP contribution in [-0.4, -0.2) is 27.8 Å². The van der Waals surface area contributed by atoms with Crippen LogP contribution in [0.5, 0.6) is 0 Å². The summed E-state index contributed by atoms with van der Waals surface area (Å²) in [6, 6.07) is 4.81. The number of primary amides is 1. The van der Waals surface area contributed by atoms with E-state index < -0.39 is 41.4 Å². The highest BCUT2D eigenvalue weighted by Gasteiger charge is 2.37. The monoisotopic (exact) mass is 399 g/mol. The zero-order valence-corrected chi connectivity index (χ0v) is 14.8. The Morgan fingerprint density at radius 2 is 2.00 bits per heavy atom. The molecule has 0 spiro atoms. The van der Waals surface area contributed by atoms with Crippen LogP contribution in [0.4, 0.5) is 13.2 Å². The van der Waals surface area contributed by atoms with E-state index in [2.05, 4.69) is 0 Å². The second-order valence-corrected chi connectivity index (χ2v) is 7.13. The van der Waals surface area contributed by atoms with Crippen molar-refractivity contribution >= 4 is 23.2 Å². The minimum atomic E-state index is -4.85. The van der Waals surface area contributed by atoms with Gasteiger partial charge < -0.3 is 10.6 Å². The Morgan fingerprint density at radius 3 is 2.59 bits per heavy atom. The molecule has 6 nitrogen and oxygen atoms in total. The number of pyridine rings is 1. The van der Waals surface area contributed by atoms with E-state index in [4.69, 9.17) is 5.73 Å². The van der Waals surface area contributed by atoms with Crippen molar-refractivity contribution in [3.05, 3.63) is 56.1 Å². The van der Waals surface area contributed by atoms with Gasteiger partial charge in [0, 0.05) is 11.4 Å². The quantitative estimate of drug-likeness (QED) is 0.857. The Kier molecular flexibility index (Phi) is 5.09. The zero-order chi connectivity index (χ0) is 19.8. The highest BCUT2D eigenvalue weighted by atomic mass is 32.1. The van der Waals surface area contributed by atoms with Crippen LogP contribution in [0.15, 0.2) is 34.4 Å². The van der Waals surface area contributed by atoms with Gasteiger partial charge in [-0.1, -0.05) is 6.07 Å².